The highest BCUT2D eigenvalue weighted by Gasteiger charge is 2.24. The van der Waals surface area contributed by atoms with Crippen molar-refractivity contribution in [2.45, 2.75) is 18.9 Å². The molecular formula is C25H28N6O2. The number of piperidine rings is 1. The minimum atomic E-state index is -0.430. The Hall–Kier alpha value is -3.78. The van der Waals surface area contributed by atoms with Crippen molar-refractivity contribution in [3.8, 4) is 11.3 Å². The van der Waals surface area contributed by atoms with Crippen molar-refractivity contribution >= 4 is 23.3 Å². The number of amides is 2. The first-order valence-electron chi connectivity index (χ1n) is 11.0. The molecule has 1 aromatic heterocycles. The van der Waals surface area contributed by atoms with E-state index < -0.39 is 5.91 Å². The van der Waals surface area contributed by atoms with Crippen LogP contribution >= 0.6 is 0 Å². The maximum Gasteiger partial charge on any atom is 0.278 e. The second-order valence-corrected chi connectivity index (χ2v) is 8.37. The van der Waals surface area contributed by atoms with Crippen LogP contribution in [-0.2, 0) is 0 Å². The molecule has 2 heterocycles. The van der Waals surface area contributed by atoms with E-state index in [0.29, 0.717) is 23.0 Å². The highest BCUT2D eigenvalue weighted by Crippen LogP contribution is 2.22. The summed E-state index contributed by atoms with van der Waals surface area (Å²) in [6.45, 7) is 1.51. The van der Waals surface area contributed by atoms with Crippen LogP contribution in [0.3, 0.4) is 0 Å². The number of carbonyl (C=O) groups is 2. The standard InChI is InChI=1S/C25H28N6O2/c1-30(2)20-12-14-31(15-13-20)25(33)18-10-8-17(9-11-18)21-16-27-23(26)22(29-21)24(32)28-19-6-4-3-5-7-19/h3-11,16,20H,12-15H2,1-2H3,(H2,26,27)(H,28,32). The van der Waals surface area contributed by atoms with Gasteiger partial charge in [0.25, 0.3) is 11.8 Å². The summed E-state index contributed by atoms with van der Waals surface area (Å²) in [5.74, 6) is -0.342. The van der Waals surface area contributed by atoms with Crippen molar-refractivity contribution in [2.24, 2.45) is 0 Å². The van der Waals surface area contributed by atoms with Crippen molar-refractivity contribution in [2.75, 3.05) is 38.2 Å². The summed E-state index contributed by atoms with van der Waals surface area (Å²) in [6, 6.07) is 16.8. The molecule has 1 aliphatic rings. The molecule has 170 valence electrons. The van der Waals surface area contributed by atoms with Gasteiger partial charge >= 0.3 is 0 Å². The fourth-order valence-electron chi connectivity index (χ4n) is 3.97. The van der Waals surface area contributed by atoms with Gasteiger partial charge in [0.2, 0.25) is 0 Å². The summed E-state index contributed by atoms with van der Waals surface area (Å²) in [6.07, 6.45) is 3.48. The number of nitrogen functional groups attached to an aromatic ring is 1. The first-order valence-corrected chi connectivity index (χ1v) is 11.0. The average molecular weight is 445 g/mol. The van der Waals surface area contributed by atoms with Gasteiger partial charge in [-0.2, -0.15) is 0 Å². The zero-order chi connectivity index (χ0) is 23.4. The molecule has 2 amide bonds. The van der Waals surface area contributed by atoms with Crippen molar-refractivity contribution in [1.82, 2.24) is 19.8 Å². The summed E-state index contributed by atoms with van der Waals surface area (Å²) in [5.41, 5.74) is 8.50. The van der Waals surface area contributed by atoms with Crippen LogP contribution < -0.4 is 11.1 Å². The van der Waals surface area contributed by atoms with E-state index in [-0.39, 0.29) is 17.4 Å². The molecule has 33 heavy (non-hydrogen) atoms. The van der Waals surface area contributed by atoms with Crippen molar-refractivity contribution in [3.05, 3.63) is 72.1 Å². The SMILES string of the molecule is CN(C)C1CCN(C(=O)c2ccc(-c3cnc(N)c(C(=O)Nc4ccccc4)n3)cc2)CC1. The van der Waals surface area contributed by atoms with Crippen molar-refractivity contribution in [1.29, 1.82) is 0 Å². The molecule has 0 bridgehead atoms. The van der Waals surface area contributed by atoms with Gasteiger partial charge in [0.1, 0.15) is 0 Å². The molecule has 8 nitrogen and oxygen atoms in total. The van der Waals surface area contributed by atoms with Crippen molar-refractivity contribution in [3.63, 3.8) is 0 Å². The lowest BCUT2D eigenvalue weighted by Gasteiger charge is -2.35. The number of carbonyl (C=O) groups excluding carboxylic acids is 2. The first-order chi connectivity index (χ1) is 15.9. The van der Waals surface area contributed by atoms with Crippen LogP contribution in [0.4, 0.5) is 11.5 Å². The van der Waals surface area contributed by atoms with Gasteiger partial charge in [-0.05, 0) is 51.2 Å². The van der Waals surface area contributed by atoms with Crippen LogP contribution in [-0.4, -0.2) is 64.8 Å². The van der Waals surface area contributed by atoms with Gasteiger partial charge in [0, 0.05) is 35.9 Å². The molecule has 1 aliphatic heterocycles. The molecule has 0 radical (unpaired) electrons. The van der Waals surface area contributed by atoms with E-state index in [9.17, 15) is 9.59 Å². The number of para-hydroxylation sites is 1. The molecular weight excluding hydrogens is 416 g/mol. The number of rotatable bonds is 5. The first kappa shape index (κ1) is 22.4. The molecule has 8 heteroatoms. The Morgan fingerprint density at radius 1 is 1.03 bits per heavy atom. The minimum absolute atomic E-state index is 0.0325. The van der Waals surface area contributed by atoms with Gasteiger partial charge in [-0.25, -0.2) is 9.97 Å². The fourth-order valence-corrected chi connectivity index (χ4v) is 3.97. The third-order valence-corrected chi connectivity index (χ3v) is 5.96. The molecule has 1 fully saturated rings. The minimum Gasteiger partial charge on any atom is -0.382 e. The maximum absolute atomic E-state index is 12.9. The van der Waals surface area contributed by atoms with E-state index in [1.807, 2.05) is 35.2 Å². The van der Waals surface area contributed by atoms with E-state index >= 15 is 0 Å². The summed E-state index contributed by atoms with van der Waals surface area (Å²) in [5, 5.41) is 2.77. The molecule has 0 saturated carbocycles. The molecule has 0 spiro atoms. The van der Waals surface area contributed by atoms with Crippen LogP contribution in [0.2, 0.25) is 0 Å². The fraction of sp³-hybridized carbons (Fsp3) is 0.280. The smallest absolute Gasteiger partial charge is 0.278 e. The Kier molecular flexibility index (Phi) is 6.65. The van der Waals surface area contributed by atoms with E-state index in [1.165, 1.54) is 6.20 Å². The highest BCUT2D eigenvalue weighted by molar-refractivity contribution is 6.06. The van der Waals surface area contributed by atoms with Crippen LogP contribution in [0.5, 0.6) is 0 Å². The Morgan fingerprint density at radius 2 is 1.70 bits per heavy atom. The van der Waals surface area contributed by atoms with Gasteiger partial charge in [-0.3, -0.25) is 9.59 Å². The van der Waals surface area contributed by atoms with Gasteiger partial charge in [0.05, 0.1) is 11.9 Å². The van der Waals surface area contributed by atoms with Crippen LogP contribution in [0.1, 0.15) is 33.7 Å². The van der Waals surface area contributed by atoms with Gasteiger partial charge in [0.15, 0.2) is 11.5 Å². The summed E-state index contributed by atoms with van der Waals surface area (Å²) >= 11 is 0. The third kappa shape index (κ3) is 5.18. The number of hydrogen-bond donors (Lipinski definition) is 2. The Morgan fingerprint density at radius 3 is 2.33 bits per heavy atom. The molecule has 0 unspecified atom stereocenters. The number of nitrogens with zero attached hydrogens (tertiary/aromatic N) is 4. The zero-order valence-corrected chi connectivity index (χ0v) is 18.9. The number of aromatic nitrogens is 2. The predicted octanol–water partition coefficient (Wildman–Crippen LogP) is 3.14. The van der Waals surface area contributed by atoms with Gasteiger partial charge in [-0.15, -0.1) is 0 Å². The number of benzene rings is 2. The molecule has 3 N–H and O–H groups in total. The summed E-state index contributed by atoms with van der Waals surface area (Å²) in [7, 11) is 4.16. The lowest BCUT2D eigenvalue weighted by molar-refractivity contribution is 0.0663. The monoisotopic (exact) mass is 444 g/mol. The van der Waals surface area contributed by atoms with Crippen LogP contribution in [0, 0.1) is 0 Å². The largest absolute Gasteiger partial charge is 0.382 e. The molecule has 2 aromatic carbocycles. The van der Waals surface area contributed by atoms with E-state index in [1.54, 1.807) is 24.3 Å². The van der Waals surface area contributed by atoms with Crippen LogP contribution in [0.15, 0.2) is 60.8 Å². The number of anilines is 2. The molecule has 3 aromatic rings. The molecule has 4 rings (SSSR count). The highest BCUT2D eigenvalue weighted by atomic mass is 16.2. The number of hydrogen-bond acceptors (Lipinski definition) is 6. The Labute approximate surface area is 193 Å². The maximum atomic E-state index is 12.9. The Balaban J connectivity index is 1.47. The number of nitrogens with one attached hydrogen (secondary N) is 1. The normalized spacial score (nSPS) is 14.3. The topological polar surface area (TPSA) is 104 Å². The number of nitrogens with two attached hydrogens (primary N) is 1. The Bertz CT molecular complexity index is 1120. The van der Waals surface area contributed by atoms with Crippen LogP contribution in [0.25, 0.3) is 11.3 Å². The lowest BCUT2D eigenvalue weighted by atomic mass is 10.0. The third-order valence-electron chi connectivity index (χ3n) is 5.96. The van der Waals surface area contributed by atoms with E-state index in [2.05, 4.69) is 34.3 Å². The molecule has 0 aliphatic carbocycles. The second kappa shape index (κ2) is 9.79. The van der Waals surface area contributed by atoms with Crippen molar-refractivity contribution < 1.29 is 9.59 Å². The number of likely N-dealkylation sites (tertiary alicyclic amines) is 1. The zero-order valence-electron chi connectivity index (χ0n) is 18.9. The quantitative estimate of drug-likeness (QED) is 0.627. The van der Waals surface area contributed by atoms with Gasteiger partial charge in [-0.1, -0.05) is 30.3 Å². The van der Waals surface area contributed by atoms with E-state index in [4.69, 9.17) is 5.73 Å². The molecule has 1 saturated heterocycles. The summed E-state index contributed by atoms with van der Waals surface area (Å²) in [4.78, 5) is 38.3. The average Bonchev–Trinajstić information content (AvgIpc) is 2.84. The van der Waals surface area contributed by atoms with E-state index in [0.717, 1.165) is 31.5 Å². The van der Waals surface area contributed by atoms with Gasteiger partial charge < -0.3 is 20.9 Å². The predicted molar refractivity (Wildman–Crippen MR) is 129 cm³/mol. The molecule has 0 atom stereocenters. The lowest BCUT2D eigenvalue weighted by Crippen LogP contribution is -2.44. The summed E-state index contributed by atoms with van der Waals surface area (Å²) < 4.78 is 0. The second-order valence-electron chi connectivity index (χ2n) is 8.37.